The lowest BCUT2D eigenvalue weighted by molar-refractivity contribution is -0.121. The fourth-order valence-corrected chi connectivity index (χ4v) is 3.54. The maximum absolute atomic E-state index is 12.5. The fourth-order valence-electron chi connectivity index (χ4n) is 3.54. The average molecular weight is 380 g/mol. The number of anilines is 2. The van der Waals surface area contributed by atoms with E-state index in [9.17, 15) is 9.59 Å². The molecule has 0 bridgehead atoms. The van der Waals surface area contributed by atoms with Gasteiger partial charge in [-0.3, -0.25) is 14.5 Å². The molecule has 1 heterocycles. The zero-order chi connectivity index (χ0) is 20.1. The number of hydrogen-bond donors (Lipinski definition) is 2. The standard InChI is InChI=1S/C23H29N3O2/c1-16-5-4-6-20(13-16)25-23(28)19-9-11-26(12-10-19)15-22(27)24-21-8-7-17(2)18(3)14-21/h4-8,13-14,19H,9-12,15H2,1-3H3,(H,24,27)(H,25,28). The molecule has 3 rings (SSSR count). The van der Waals surface area contributed by atoms with Crippen LogP contribution in [0, 0.1) is 26.7 Å². The molecule has 5 nitrogen and oxygen atoms in total. The number of benzene rings is 2. The van der Waals surface area contributed by atoms with Gasteiger partial charge in [0.25, 0.3) is 0 Å². The first-order chi connectivity index (χ1) is 13.4. The highest BCUT2D eigenvalue weighted by Gasteiger charge is 2.26. The molecule has 1 fully saturated rings. The summed E-state index contributed by atoms with van der Waals surface area (Å²) in [4.78, 5) is 27.0. The van der Waals surface area contributed by atoms with Gasteiger partial charge in [-0.05, 0) is 87.7 Å². The third-order valence-electron chi connectivity index (χ3n) is 5.40. The number of amides is 2. The zero-order valence-electron chi connectivity index (χ0n) is 16.9. The van der Waals surface area contributed by atoms with Gasteiger partial charge in [-0.15, -0.1) is 0 Å². The molecule has 0 saturated carbocycles. The Bertz CT molecular complexity index is 855. The molecule has 2 aromatic rings. The quantitative estimate of drug-likeness (QED) is 0.828. The second-order valence-corrected chi connectivity index (χ2v) is 7.76. The maximum Gasteiger partial charge on any atom is 0.238 e. The highest BCUT2D eigenvalue weighted by molar-refractivity contribution is 5.93. The van der Waals surface area contributed by atoms with E-state index in [1.165, 1.54) is 11.1 Å². The highest BCUT2D eigenvalue weighted by atomic mass is 16.2. The first kappa shape index (κ1) is 20.1. The lowest BCUT2D eigenvalue weighted by atomic mass is 9.95. The molecule has 0 radical (unpaired) electrons. The van der Waals surface area contributed by atoms with E-state index in [-0.39, 0.29) is 17.7 Å². The Labute approximate surface area is 167 Å². The summed E-state index contributed by atoms with van der Waals surface area (Å²) < 4.78 is 0. The van der Waals surface area contributed by atoms with Crippen LogP contribution < -0.4 is 10.6 Å². The zero-order valence-corrected chi connectivity index (χ0v) is 16.9. The van der Waals surface area contributed by atoms with Crippen molar-refractivity contribution in [2.24, 2.45) is 5.92 Å². The Morgan fingerprint density at radius 2 is 1.64 bits per heavy atom. The van der Waals surface area contributed by atoms with Gasteiger partial charge in [0, 0.05) is 17.3 Å². The third-order valence-corrected chi connectivity index (χ3v) is 5.40. The number of rotatable bonds is 5. The van der Waals surface area contributed by atoms with Crippen molar-refractivity contribution in [3.63, 3.8) is 0 Å². The Morgan fingerprint density at radius 1 is 0.929 bits per heavy atom. The number of likely N-dealkylation sites (tertiary alicyclic amines) is 1. The molecule has 2 aromatic carbocycles. The molecule has 0 aromatic heterocycles. The van der Waals surface area contributed by atoms with Gasteiger partial charge in [-0.25, -0.2) is 0 Å². The third kappa shape index (κ3) is 5.42. The minimum Gasteiger partial charge on any atom is -0.326 e. The van der Waals surface area contributed by atoms with E-state index in [4.69, 9.17) is 0 Å². The van der Waals surface area contributed by atoms with Crippen molar-refractivity contribution < 1.29 is 9.59 Å². The summed E-state index contributed by atoms with van der Waals surface area (Å²) in [5, 5.41) is 5.98. The van der Waals surface area contributed by atoms with Crippen molar-refractivity contribution in [1.29, 1.82) is 0 Å². The number of nitrogens with one attached hydrogen (secondary N) is 2. The number of carbonyl (C=O) groups is 2. The summed E-state index contributed by atoms with van der Waals surface area (Å²) in [7, 11) is 0. The van der Waals surface area contributed by atoms with Crippen LogP contribution in [0.1, 0.15) is 29.5 Å². The minimum absolute atomic E-state index is 0.000397. The normalized spacial score (nSPS) is 15.2. The molecule has 148 valence electrons. The summed E-state index contributed by atoms with van der Waals surface area (Å²) in [5.41, 5.74) is 5.19. The van der Waals surface area contributed by atoms with E-state index in [1.807, 2.05) is 56.3 Å². The van der Waals surface area contributed by atoms with Gasteiger partial charge in [-0.1, -0.05) is 18.2 Å². The lowest BCUT2D eigenvalue weighted by Gasteiger charge is -2.30. The maximum atomic E-state index is 12.5. The monoisotopic (exact) mass is 379 g/mol. The van der Waals surface area contributed by atoms with Gasteiger partial charge in [-0.2, -0.15) is 0 Å². The van der Waals surface area contributed by atoms with Crippen LogP contribution in [-0.2, 0) is 9.59 Å². The van der Waals surface area contributed by atoms with Crippen LogP contribution >= 0.6 is 0 Å². The molecule has 0 atom stereocenters. The van der Waals surface area contributed by atoms with Crippen molar-refractivity contribution in [3.05, 3.63) is 59.2 Å². The van der Waals surface area contributed by atoms with E-state index in [2.05, 4.69) is 22.5 Å². The van der Waals surface area contributed by atoms with Crippen molar-refractivity contribution in [3.8, 4) is 0 Å². The fraction of sp³-hybridized carbons (Fsp3) is 0.391. The Hall–Kier alpha value is -2.66. The molecule has 1 saturated heterocycles. The number of hydrogen-bond acceptors (Lipinski definition) is 3. The van der Waals surface area contributed by atoms with Gasteiger partial charge >= 0.3 is 0 Å². The average Bonchev–Trinajstić information content (AvgIpc) is 2.65. The molecular formula is C23H29N3O2. The van der Waals surface area contributed by atoms with Crippen molar-refractivity contribution >= 4 is 23.2 Å². The van der Waals surface area contributed by atoms with Gasteiger partial charge in [0.2, 0.25) is 11.8 Å². The number of carbonyl (C=O) groups excluding carboxylic acids is 2. The molecule has 2 amide bonds. The highest BCUT2D eigenvalue weighted by Crippen LogP contribution is 2.20. The lowest BCUT2D eigenvalue weighted by Crippen LogP contribution is -2.41. The Kier molecular flexibility index (Phi) is 6.47. The molecule has 0 aliphatic carbocycles. The number of nitrogens with zero attached hydrogens (tertiary/aromatic N) is 1. The van der Waals surface area contributed by atoms with Crippen LogP contribution in [0.15, 0.2) is 42.5 Å². The summed E-state index contributed by atoms with van der Waals surface area (Å²) in [6, 6.07) is 13.8. The van der Waals surface area contributed by atoms with E-state index in [0.29, 0.717) is 6.54 Å². The molecule has 1 aliphatic rings. The van der Waals surface area contributed by atoms with E-state index < -0.39 is 0 Å². The van der Waals surface area contributed by atoms with Crippen LogP contribution in [-0.4, -0.2) is 36.3 Å². The van der Waals surface area contributed by atoms with Gasteiger partial charge in [0.15, 0.2) is 0 Å². The predicted octanol–water partition coefficient (Wildman–Crippen LogP) is 3.90. The van der Waals surface area contributed by atoms with Crippen LogP contribution in [0.4, 0.5) is 11.4 Å². The molecule has 0 unspecified atom stereocenters. The van der Waals surface area contributed by atoms with E-state index >= 15 is 0 Å². The van der Waals surface area contributed by atoms with Gasteiger partial charge in [0.05, 0.1) is 6.54 Å². The van der Waals surface area contributed by atoms with Crippen molar-refractivity contribution in [1.82, 2.24) is 4.90 Å². The molecular weight excluding hydrogens is 350 g/mol. The van der Waals surface area contributed by atoms with Crippen LogP contribution in [0.5, 0.6) is 0 Å². The van der Waals surface area contributed by atoms with Crippen LogP contribution in [0.3, 0.4) is 0 Å². The summed E-state index contributed by atoms with van der Waals surface area (Å²) in [6.45, 7) is 7.98. The summed E-state index contributed by atoms with van der Waals surface area (Å²) in [5.74, 6) is 0.0651. The first-order valence-electron chi connectivity index (χ1n) is 9.88. The van der Waals surface area contributed by atoms with Gasteiger partial charge in [0.1, 0.15) is 0 Å². The molecule has 1 aliphatic heterocycles. The van der Waals surface area contributed by atoms with E-state index in [1.54, 1.807) is 0 Å². The number of aryl methyl sites for hydroxylation is 3. The van der Waals surface area contributed by atoms with Crippen LogP contribution in [0.25, 0.3) is 0 Å². The summed E-state index contributed by atoms with van der Waals surface area (Å²) in [6.07, 6.45) is 1.54. The molecule has 2 N–H and O–H groups in total. The number of piperidine rings is 1. The second-order valence-electron chi connectivity index (χ2n) is 7.76. The minimum atomic E-state index is -0.00841. The topological polar surface area (TPSA) is 61.4 Å². The van der Waals surface area contributed by atoms with Crippen molar-refractivity contribution in [2.75, 3.05) is 30.3 Å². The predicted molar refractivity (Wildman–Crippen MR) is 114 cm³/mol. The summed E-state index contributed by atoms with van der Waals surface area (Å²) >= 11 is 0. The molecule has 28 heavy (non-hydrogen) atoms. The largest absolute Gasteiger partial charge is 0.326 e. The van der Waals surface area contributed by atoms with Gasteiger partial charge < -0.3 is 10.6 Å². The second kappa shape index (κ2) is 9.02. The van der Waals surface area contributed by atoms with Crippen molar-refractivity contribution in [2.45, 2.75) is 33.6 Å². The first-order valence-corrected chi connectivity index (χ1v) is 9.88. The Morgan fingerprint density at radius 3 is 2.32 bits per heavy atom. The van der Waals surface area contributed by atoms with Crippen LogP contribution in [0.2, 0.25) is 0 Å². The SMILES string of the molecule is Cc1cccc(NC(=O)C2CCN(CC(=O)Nc3ccc(C)c(C)c3)CC2)c1. The molecule has 0 spiro atoms. The molecule has 5 heteroatoms. The van der Waals surface area contributed by atoms with E-state index in [0.717, 1.165) is 42.9 Å². The smallest absolute Gasteiger partial charge is 0.238 e. The Balaban J connectivity index is 1.45.